The Bertz CT molecular complexity index is 658. The zero-order valence-electron chi connectivity index (χ0n) is 9.90. The monoisotopic (exact) mass is 302 g/mol. The minimum absolute atomic E-state index is 0.289. The first-order valence-electron chi connectivity index (χ1n) is 5.18. The third-order valence-corrected chi connectivity index (χ3v) is 3.84. The minimum atomic E-state index is -4.35. The molecule has 0 aliphatic rings. The highest BCUT2D eigenvalue weighted by atomic mass is 32.1. The number of hydrogen-bond acceptors (Lipinski definition) is 5. The summed E-state index contributed by atoms with van der Waals surface area (Å²) in [6.07, 6.45) is -0.913. The zero-order valence-corrected chi connectivity index (χ0v) is 11.6. The molecule has 0 aliphatic carbocycles. The van der Waals surface area contributed by atoms with Crippen LogP contribution in [0.25, 0.3) is 10.1 Å². The fourth-order valence-electron chi connectivity index (χ4n) is 1.45. The summed E-state index contributed by atoms with van der Waals surface area (Å²) in [5.41, 5.74) is 0. The molecule has 0 unspecified atom stereocenters. The van der Waals surface area contributed by atoms with Crippen molar-refractivity contribution in [2.24, 2.45) is 0 Å². The topological polar surface area (TPSA) is 93.1 Å². The van der Waals surface area contributed by atoms with Crippen LogP contribution < -0.4 is 4.74 Å². The van der Waals surface area contributed by atoms with Crippen LogP contribution in [0.3, 0.4) is 0 Å². The van der Waals surface area contributed by atoms with Gasteiger partial charge in [0.05, 0.1) is 7.11 Å². The molecule has 102 valence electrons. The van der Waals surface area contributed by atoms with E-state index in [0.717, 1.165) is 10.1 Å². The van der Waals surface area contributed by atoms with Crippen LogP contribution in [0.5, 0.6) is 5.75 Å². The molecule has 0 saturated carbocycles. The number of benzene rings is 1. The maximum atomic E-state index is 11.6. The molecule has 2 rings (SSSR count). The highest BCUT2D eigenvalue weighted by molar-refractivity contribution is 7.51. The molecule has 0 bridgehead atoms. The average molecular weight is 302 g/mol. The maximum absolute atomic E-state index is 11.6. The predicted octanol–water partition coefficient (Wildman–Crippen LogP) is 2.20. The van der Waals surface area contributed by atoms with Gasteiger partial charge in [-0.1, -0.05) is 0 Å². The molecule has 0 radical (unpaired) electrons. The largest absolute Gasteiger partial charge is 0.497 e. The molecule has 0 aliphatic heterocycles. The number of carbonyl (C=O) groups is 1. The first-order chi connectivity index (χ1) is 8.89. The van der Waals surface area contributed by atoms with E-state index in [1.54, 1.807) is 31.4 Å². The van der Waals surface area contributed by atoms with Crippen molar-refractivity contribution in [2.45, 2.75) is 0 Å². The van der Waals surface area contributed by atoms with Crippen LogP contribution in [0.1, 0.15) is 9.67 Å². The second-order valence-corrected chi connectivity index (χ2v) is 6.41. The van der Waals surface area contributed by atoms with Gasteiger partial charge in [-0.15, -0.1) is 11.3 Å². The smallest absolute Gasteiger partial charge is 0.362 e. The highest BCUT2D eigenvalue weighted by Crippen LogP contribution is 2.35. The van der Waals surface area contributed by atoms with Crippen LogP contribution in [-0.4, -0.2) is 29.2 Å². The third-order valence-electron chi connectivity index (χ3n) is 2.29. The number of ether oxygens (including phenoxy) is 2. The quantitative estimate of drug-likeness (QED) is 0.664. The van der Waals surface area contributed by atoms with Crippen molar-refractivity contribution in [3.63, 3.8) is 0 Å². The number of thiophene rings is 1. The van der Waals surface area contributed by atoms with Crippen molar-refractivity contribution in [1.29, 1.82) is 0 Å². The molecule has 1 aromatic heterocycles. The number of methoxy groups -OCH3 is 1. The molecule has 1 aromatic carbocycles. The summed E-state index contributed by atoms with van der Waals surface area (Å²) in [7, 11) is -2.80. The van der Waals surface area contributed by atoms with E-state index in [9.17, 15) is 9.36 Å². The van der Waals surface area contributed by atoms with Gasteiger partial charge in [-0.2, -0.15) is 0 Å². The number of carbonyl (C=O) groups excluding carboxylic acids is 1. The van der Waals surface area contributed by atoms with E-state index in [0.29, 0.717) is 5.75 Å². The van der Waals surface area contributed by atoms with Gasteiger partial charge < -0.3 is 19.3 Å². The van der Waals surface area contributed by atoms with Gasteiger partial charge >= 0.3 is 13.6 Å². The Balaban J connectivity index is 2.21. The molecule has 0 fully saturated rings. The molecule has 0 saturated heterocycles. The summed E-state index contributed by atoms with van der Waals surface area (Å²) < 4.78 is 21.1. The number of fused-ring (bicyclic) bond motifs is 1. The van der Waals surface area contributed by atoms with Crippen molar-refractivity contribution < 1.29 is 28.6 Å². The van der Waals surface area contributed by atoms with E-state index in [1.165, 1.54) is 11.3 Å². The number of rotatable bonds is 4. The Morgan fingerprint density at radius 2 is 2.11 bits per heavy atom. The maximum Gasteiger partial charge on any atom is 0.362 e. The van der Waals surface area contributed by atoms with Gasteiger partial charge in [-0.3, -0.25) is 4.57 Å². The zero-order chi connectivity index (χ0) is 14.0. The number of hydrogen-bond donors (Lipinski definition) is 2. The van der Waals surface area contributed by atoms with Crippen LogP contribution in [-0.2, 0) is 9.30 Å². The van der Waals surface area contributed by atoms with Gasteiger partial charge in [0.2, 0.25) is 0 Å². The summed E-state index contributed by atoms with van der Waals surface area (Å²) in [6, 6.07) is 6.95. The highest BCUT2D eigenvalue weighted by Gasteiger charge is 2.19. The summed E-state index contributed by atoms with van der Waals surface area (Å²) in [5, 5.41) is 0.842. The molecule has 2 aromatic rings. The Morgan fingerprint density at radius 1 is 1.37 bits per heavy atom. The second kappa shape index (κ2) is 5.30. The first kappa shape index (κ1) is 14.0. The molecule has 1 heterocycles. The lowest BCUT2D eigenvalue weighted by atomic mass is 10.2. The molecule has 6 nitrogen and oxygen atoms in total. The minimum Gasteiger partial charge on any atom is -0.497 e. The fraction of sp³-hybridized carbons (Fsp3) is 0.182. The lowest BCUT2D eigenvalue weighted by Crippen LogP contribution is -2.04. The van der Waals surface area contributed by atoms with Crippen LogP contribution >= 0.6 is 18.9 Å². The molecule has 8 heteroatoms. The summed E-state index contributed by atoms with van der Waals surface area (Å²) in [5.74, 6) is -0.0759. The van der Waals surface area contributed by atoms with Crippen molar-refractivity contribution in [3.8, 4) is 5.75 Å². The van der Waals surface area contributed by atoms with E-state index in [1.807, 2.05) is 0 Å². The second-order valence-electron chi connectivity index (χ2n) is 3.74. The molecule has 2 N–H and O–H groups in total. The van der Waals surface area contributed by atoms with Crippen molar-refractivity contribution in [1.82, 2.24) is 0 Å². The third kappa shape index (κ3) is 3.54. The van der Waals surface area contributed by atoms with Crippen LogP contribution in [0.2, 0.25) is 0 Å². The van der Waals surface area contributed by atoms with E-state index in [4.69, 9.17) is 14.5 Å². The lowest BCUT2D eigenvalue weighted by molar-refractivity contribution is 0.0555. The van der Waals surface area contributed by atoms with Crippen LogP contribution in [0.4, 0.5) is 0 Å². The molecular weight excluding hydrogens is 291 g/mol. The summed E-state index contributed by atoms with van der Waals surface area (Å²) >= 11 is 1.18. The van der Waals surface area contributed by atoms with Crippen molar-refractivity contribution in [2.75, 3.05) is 13.5 Å². The molecule has 19 heavy (non-hydrogen) atoms. The van der Waals surface area contributed by atoms with Gasteiger partial charge in [0, 0.05) is 4.70 Å². The standard InChI is InChI=1S/C11H11O6PS/c1-16-8-3-2-7-4-10(19-9(7)5-8)11(12)17-6-18(13,14)15/h2-5H,6H2,1H3,(H2,13,14,15). The van der Waals surface area contributed by atoms with Gasteiger partial charge in [-0.05, 0) is 29.7 Å². The fourth-order valence-corrected chi connectivity index (χ4v) is 2.72. The molecular formula is C11H11O6PS. The van der Waals surface area contributed by atoms with E-state index < -0.39 is 19.9 Å². The van der Waals surface area contributed by atoms with Crippen molar-refractivity contribution >= 4 is 35.0 Å². The molecule has 0 amide bonds. The van der Waals surface area contributed by atoms with E-state index in [2.05, 4.69) is 4.74 Å². The van der Waals surface area contributed by atoms with Crippen molar-refractivity contribution in [3.05, 3.63) is 29.1 Å². The van der Waals surface area contributed by atoms with Gasteiger partial charge in [0.25, 0.3) is 0 Å². The Morgan fingerprint density at radius 3 is 2.74 bits per heavy atom. The van der Waals surface area contributed by atoms with Gasteiger partial charge in [-0.25, -0.2) is 4.79 Å². The molecule has 0 spiro atoms. The summed E-state index contributed by atoms with van der Waals surface area (Å²) in [6.45, 7) is 0. The number of esters is 1. The van der Waals surface area contributed by atoms with Gasteiger partial charge in [0.1, 0.15) is 10.6 Å². The van der Waals surface area contributed by atoms with Crippen LogP contribution in [0, 0.1) is 0 Å². The normalized spacial score (nSPS) is 11.5. The average Bonchev–Trinajstić information content (AvgIpc) is 2.77. The molecule has 0 atom stereocenters. The van der Waals surface area contributed by atoms with Gasteiger partial charge in [0.15, 0.2) is 6.35 Å². The first-order valence-corrected chi connectivity index (χ1v) is 7.80. The predicted molar refractivity (Wildman–Crippen MR) is 70.7 cm³/mol. The summed E-state index contributed by atoms with van der Waals surface area (Å²) in [4.78, 5) is 29.2. The Hall–Kier alpha value is -1.40. The SMILES string of the molecule is COc1ccc2cc(C(=O)OCP(=O)(O)O)sc2c1. The Labute approximate surface area is 112 Å². The van der Waals surface area contributed by atoms with Crippen LogP contribution in [0.15, 0.2) is 24.3 Å². The lowest BCUT2D eigenvalue weighted by Gasteiger charge is -2.03. The van der Waals surface area contributed by atoms with E-state index >= 15 is 0 Å². The Kier molecular flexibility index (Phi) is 3.91. The van der Waals surface area contributed by atoms with E-state index in [-0.39, 0.29) is 4.88 Å².